The third kappa shape index (κ3) is 2.58. The fourth-order valence-electron chi connectivity index (χ4n) is 2.39. The van der Waals surface area contributed by atoms with Gasteiger partial charge in [0.1, 0.15) is 5.82 Å². The molecule has 3 nitrogen and oxygen atoms in total. The maximum atomic E-state index is 13.2. The Balaban J connectivity index is 2.17. The second kappa shape index (κ2) is 5.02. The van der Waals surface area contributed by atoms with E-state index in [9.17, 15) is 4.39 Å². The number of hydrogen-bond acceptors (Lipinski definition) is 3. The largest absolute Gasteiger partial charge is 0.368 e. The molecule has 0 saturated carbocycles. The lowest BCUT2D eigenvalue weighted by Gasteiger charge is -2.44. The molecule has 94 valence electrons. The second-order valence-corrected chi connectivity index (χ2v) is 4.79. The van der Waals surface area contributed by atoms with Gasteiger partial charge in [0.05, 0.1) is 0 Å². The van der Waals surface area contributed by atoms with Gasteiger partial charge in [-0.2, -0.15) is 0 Å². The van der Waals surface area contributed by atoms with Crippen molar-refractivity contribution >= 4 is 5.69 Å². The number of likely N-dealkylation sites (N-methyl/N-ethyl adjacent to an activating group) is 1. The van der Waals surface area contributed by atoms with E-state index in [2.05, 4.69) is 23.8 Å². The first kappa shape index (κ1) is 12.3. The minimum absolute atomic E-state index is 0.182. The molecule has 1 heterocycles. The minimum atomic E-state index is -0.182. The summed E-state index contributed by atoms with van der Waals surface area (Å²) >= 11 is 0. The monoisotopic (exact) mass is 237 g/mol. The zero-order chi connectivity index (χ0) is 12.4. The van der Waals surface area contributed by atoms with E-state index in [1.54, 1.807) is 12.1 Å². The van der Waals surface area contributed by atoms with Crippen LogP contribution in [0.5, 0.6) is 0 Å². The minimum Gasteiger partial charge on any atom is -0.368 e. The third-order valence-electron chi connectivity index (χ3n) is 3.63. The molecule has 2 rings (SSSR count). The van der Waals surface area contributed by atoms with Gasteiger partial charge < -0.3 is 10.6 Å². The van der Waals surface area contributed by atoms with Gasteiger partial charge in [0.15, 0.2) is 0 Å². The van der Waals surface area contributed by atoms with Crippen molar-refractivity contribution in [3.05, 3.63) is 30.1 Å². The molecule has 2 atom stereocenters. The van der Waals surface area contributed by atoms with E-state index in [1.165, 1.54) is 6.07 Å². The standard InChI is InChI=1S/C13H20FN3/c1-10-8-17(9-13(7-15)16(10)2)12-5-3-4-11(14)6-12/h3-6,10,13H,7-9,15H2,1-2H3. The molecule has 1 aliphatic heterocycles. The summed E-state index contributed by atoms with van der Waals surface area (Å²) in [5.41, 5.74) is 6.73. The molecule has 17 heavy (non-hydrogen) atoms. The molecule has 0 aliphatic carbocycles. The summed E-state index contributed by atoms with van der Waals surface area (Å²) in [7, 11) is 2.10. The first-order valence-corrected chi connectivity index (χ1v) is 6.04. The molecular formula is C13H20FN3. The van der Waals surface area contributed by atoms with Crippen LogP contribution in [0.2, 0.25) is 0 Å². The normalized spacial score (nSPS) is 26.2. The van der Waals surface area contributed by atoms with Gasteiger partial charge in [0.2, 0.25) is 0 Å². The Morgan fingerprint density at radius 2 is 2.18 bits per heavy atom. The molecule has 0 aromatic heterocycles. The molecule has 1 fully saturated rings. The van der Waals surface area contributed by atoms with Gasteiger partial charge in [-0.25, -0.2) is 4.39 Å². The lowest BCUT2D eigenvalue weighted by molar-refractivity contribution is 0.162. The average Bonchev–Trinajstić information content (AvgIpc) is 2.32. The van der Waals surface area contributed by atoms with E-state index in [0.717, 1.165) is 18.8 Å². The van der Waals surface area contributed by atoms with Gasteiger partial charge in [-0.1, -0.05) is 6.07 Å². The average molecular weight is 237 g/mol. The van der Waals surface area contributed by atoms with Crippen LogP contribution in [0.1, 0.15) is 6.92 Å². The predicted molar refractivity (Wildman–Crippen MR) is 68.7 cm³/mol. The zero-order valence-corrected chi connectivity index (χ0v) is 10.4. The SMILES string of the molecule is CC1CN(c2cccc(F)c2)CC(CN)N1C. The summed E-state index contributed by atoms with van der Waals surface area (Å²) in [5, 5.41) is 0. The number of benzene rings is 1. The number of nitrogens with zero attached hydrogens (tertiary/aromatic N) is 2. The van der Waals surface area contributed by atoms with E-state index in [0.29, 0.717) is 18.6 Å². The van der Waals surface area contributed by atoms with Crippen LogP contribution < -0.4 is 10.6 Å². The molecule has 0 radical (unpaired) electrons. The summed E-state index contributed by atoms with van der Waals surface area (Å²) in [6.45, 7) is 4.58. The highest BCUT2D eigenvalue weighted by Gasteiger charge is 2.28. The zero-order valence-electron chi connectivity index (χ0n) is 10.4. The van der Waals surface area contributed by atoms with Crippen LogP contribution in [0, 0.1) is 5.82 Å². The smallest absolute Gasteiger partial charge is 0.125 e. The third-order valence-corrected chi connectivity index (χ3v) is 3.63. The van der Waals surface area contributed by atoms with Crippen LogP contribution in [0.4, 0.5) is 10.1 Å². The topological polar surface area (TPSA) is 32.5 Å². The van der Waals surface area contributed by atoms with Gasteiger partial charge in [0.25, 0.3) is 0 Å². The number of hydrogen-bond donors (Lipinski definition) is 1. The van der Waals surface area contributed by atoms with E-state index in [1.807, 2.05) is 6.07 Å². The molecule has 2 N–H and O–H groups in total. The van der Waals surface area contributed by atoms with Crippen LogP contribution in [0.15, 0.2) is 24.3 Å². The van der Waals surface area contributed by atoms with Crippen molar-refractivity contribution in [2.24, 2.45) is 5.73 Å². The number of anilines is 1. The van der Waals surface area contributed by atoms with Gasteiger partial charge in [-0.3, -0.25) is 4.90 Å². The molecule has 1 aromatic carbocycles. The fourth-order valence-corrected chi connectivity index (χ4v) is 2.39. The van der Waals surface area contributed by atoms with E-state index >= 15 is 0 Å². The summed E-state index contributed by atoms with van der Waals surface area (Å²) < 4.78 is 13.2. The molecule has 4 heteroatoms. The maximum Gasteiger partial charge on any atom is 0.125 e. The summed E-state index contributed by atoms with van der Waals surface area (Å²) in [4.78, 5) is 4.51. The number of rotatable bonds is 2. The fraction of sp³-hybridized carbons (Fsp3) is 0.538. The van der Waals surface area contributed by atoms with Crippen molar-refractivity contribution in [2.45, 2.75) is 19.0 Å². The quantitative estimate of drug-likeness (QED) is 0.841. The Morgan fingerprint density at radius 3 is 2.82 bits per heavy atom. The highest BCUT2D eigenvalue weighted by molar-refractivity contribution is 5.47. The van der Waals surface area contributed by atoms with E-state index in [-0.39, 0.29) is 5.82 Å². The molecule has 0 amide bonds. The van der Waals surface area contributed by atoms with E-state index < -0.39 is 0 Å². The molecule has 1 aliphatic rings. The molecular weight excluding hydrogens is 217 g/mol. The molecule has 2 unspecified atom stereocenters. The summed E-state index contributed by atoms with van der Waals surface area (Å²) in [5.74, 6) is -0.182. The van der Waals surface area contributed by atoms with Crippen LogP contribution in [-0.2, 0) is 0 Å². The van der Waals surface area contributed by atoms with Crippen LogP contribution in [0.25, 0.3) is 0 Å². The highest BCUT2D eigenvalue weighted by atomic mass is 19.1. The lowest BCUT2D eigenvalue weighted by atomic mass is 10.1. The first-order valence-electron chi connectivity index (χ1n) is 6.04. The van der Waals surface area contributed by atoms with Crippen molar-refractivity contribution in [2.75, 3.05) is 31.6 Å². The highest BCUT2D eigenvalue weighted by Crippen LogP contribution is 2.21. The van der Waals surface area contributed by atoms with Crippen LogP contribution in [0.3, 0.4) is 0 Å². The number of halogens is 1. The first-order chi connectivity index (χ1) is 8.11. The predicted octanol–water partition coefficient (Wildman–Crippen LogP) is 1.29. The number of nitrogens with two attached hydrogens (primary N) is 1. The van der Waals surface area contributed by atoms with Gasteiger partial charge >= 0.3 is 0 Å². The van der Waals surface area contributed by atoms with Crippen molar-refractivity contribution in [3.8, 4) is 0 Å². The van der Waals surface area contributed by atoms with Gasteiger partial charge in [-0.15, -0.1) is 0 Å². The van der Waals surface area contributed by atoms with Crippen LogP contribution >= 0.6 is 0 Å². The maximum absolute atomic E-state index is 13.2. The van der Waals surface area contributed by atoms with Crippen molar-refractivity contribution in [3.63, 3.8) is 0 Å². The van der Waals surface area contributed by atoms with Crippen molar-refractivity contribution in [1.29, 1.82) is 0 Å². The lowest BCUT2D eigenvalue weighted by Crippen LogP contribution is -2.58. The van der Waals surface area contributed by atoms with Crippen molar-refractivity contribution < 1.29 is 4.39 Å². The molecule has 1 aromatic rings. The Morgan fingerprint density at radius 1 is 1.41 bits per heavy atom. The Labute approximate surface area is 102 Å². The Bertz CT molecular complexity index is 383. The van der Waals surface area contributed by atoms with Gasteiger partial charge in [0, 0.05) is 37.4 Å². The molecule has 0 spiro atoms. The Kier molecular flexibility index (Phi) is 3.64. The van der Waals surface area contributed by atoms with Gasteiger partial charge in [-0.05, 0) is 32.2 Å². The van der Waals surface area contributed by atoms with Crippen LogP contribution in [-0.4, -0.2) is 43.7 Å². The number of piperazine rings is 1. The Hall–Kier alpha value is -1.13. The molecule has 1 saturated heterocycles. The summed E-state index contributed by atoms with van der Waals surface area (Å²) in [6, 6.07) is 7.54. The van der Waals surface area contributed by atoms with Crippen molar-refractivity contribution in [1.82, 2.24) is 4.90 Å². The molecule has 0 bridgehead atoms. The second-order valence-electron chi connectivity index (χ2n) is 4.79. The van der Waals surface area contributed by atoms with E-state index in [4.69, 9.17) is 5.73 Å². The summed E-state index contributed by atoms with van der Waals surface area (Å²) in [6.07, 6.45) is 0.